The lowest BCUT2D eigenvalue weighted by Gasteiger charge is -2.30. The highest BCUT2D eigenvalue weighted by molar-refractivity contribution is 5.67. The van der Waals surface area contributed by atoms with Crippen molar-refractivity contribution in [3.63, 3.8) is 0 Å². The zero-order valence-electron chi connectivity index (χ0n) is 34.9. The highest BCUT2D eigenvalue weighted by atomic mass is 16.3. The third kappa shape index (κ3) is 7.79. The molecule has 8 bridgehead atoms. The lowest BCUT2D eigenvalue weighted by atomic mass is 9.75. The van der Waals surface area contributed by atoms with Crippen molar-refractivity contribution in [2.75, 3.05) is 0 Å². The molecule has 8 nitrogen and oxygen atoms in total. The summed E-state index contributed by atoms with van der Waals surface area (Å²) < 4.78 is 0. The summed E-state index contributed by atoms with van der Waals surface area (Å²) >= 11 is 0. The summed E-state index contributed by atoms with van der Waals surface area (Å²) in [6, 6.07) is 50.1. The van der Waals surface area contributed by atoms with Crippen LogP contribution in [0.2, 0.25) is 0 Å². The first kappa shape index (κ1) is 41.5. The fourth-order valence-corrected chi connectivity index (χ4v) is 9.83. The summed E-state index contributed by atoms with van der Waals surface area (Å²) in [5, 5.41) is 98.8. The Kier molecular flexibility index (Phi) is 11.3. The van der Waals surface area contributed by atoms with Crippen LogP contribution in [0.15, 0.2) is 170 Å². The van der Waals surface area contributed by atoms with Crippen LogP contribution in [0.1, 0.15) is 90.4 Å². The Morgan fingerprint density at radius 2 is 0.422 bits per heavy atom. The maximum Gasteiger partial charge on any atom is 0.126 e. The topological polar surface area (TPSA) is 162 Å². The van der Waals surface area contributed by atoms with Crippen LogP contribution in [0.3, 0.4) is 0 Å². The van der Waals surface area contributed by atoms with Crippen molar-refractivity contribution in [3.8, 4) is 46.0 Å². The Bertz CT molecular complexity index is 2530. The second-order valence-corrected chi connectivity index (χ2v) is 16.7. The van der Waals surface area contributed by atoms with Gasteiger partial charge < -0.3 is 40.9 Å². The Balaban J connectivity index is 1.41. The summed E-state index contributed by atoms with van der Waals surface area (Å²) in [5.74, 6) is -5.86. The van der Waals surface area contributed by atoms with E-state index >= 15 is 0 Å². The predicted molar refractivity (Wildman–Crippen MR) is 247 cm³/mol. The molecule has 4 atom stereocenters. The van der Waals surface area contributed by atoms with Crippen LogP contribution in [0.4, 0.5) is 0 Å². The van der Waals surface area contributed by atoms with Gasteiger partial charge in [-0.05, 0) is 72.2 Å². The molecule has 0 radical (unpaired) electrons. The van der Waals surface area contributed by atoms with Crippen LogP contribution >= 0.6 is 0 Å². The summed E-state index contributed by atoms with van der Waals surface area (Å²) in [4.78, 5) is 0. The van der Waals surface area contributed by atoms with Crippen LogP contribution in [-0.2, 0) is 25.7 Å². The summed E-state index contributed by atoms with van der Waals surface area (Å²) in [5.41, 5.74) is 4.88. The average molecular weight is 849 g/mol. The van der Waals surface area contributed by atoms with Crippen LogP contribution in [0, 0.1) is 0 Å². The molecule has 0 unspecified atom stereocenters. The predicted octanol–water partition coefficient (Wildman–Crippen LogP) is 11.1. The molecule has 0 aliphatic heterocycles. The number of aromatic hydroxyl groups is 8. The quantitative estimate of drug-likeness (QED) is 0.0749. The second kappa shape index (κ2) is 17.5. The van der Waals surface area contributed by atoms with E-state index in [9.17, 15) is 40.9 Å². The number of phenols is 8. The van der Waals surface area contributed by atoms with Gasteiger partial charge >= 0.3 is 0 Å². The maximum atomic E-state index is 12.8. The van der Waals surface area contributed by atoms with E-state index in [2.05, 4.69) is 0 Å². The van der Waals surface area contributed by atoms with Crippen molar-refractivity contribution in [1.82, 2.24) is 0 Å². The number of phenolic OH excluding ortho intramolecular Hbond substituents is 8. The maximum absolute atomic E-state index is 12.8. The fourth-order valence-electron chi connectivity index (χ4n) is 9.83. The molecule has 0 saturated carbocycles. The first-order valence-corrected chi connectivity index (χ1v) is 21.4. The Hall–Kier alpha value is -7.84. The first-order valence-electron chi connectivity index (χ1n) is 21.4. The Morgan fingerprint density at radius 3 is 0.609 bits per heavy atom. The molecule has 0 fully saturated rings. The minimum Gasteiger partial charge on any atom is -0.508 e. The van der Waals surface area contributed by atoms with E-state index in [1.807, 2.05) is 121 Å². The SMILES string of the molecule is Oc1ccc2c(O)c1[C@H](Cc1ccccc1)c1ccc(O)c(c1O)[C@H](Cc1ccccc1)c1ccc(O)c(c1O)[C@@H](Cc1ccccc1)c1ccc(O)c(c1O)[C@@H]2Cc1ccccc1. The highest BCUT2D eigenvalue weighted by Crippen LogP contribution is 2.55. The molecule has 0 heterocycles. The normalized spacial score (nSPS) is 16.9. The van der Waals surface area contributed by atoms with Crippen LogP contribution in [0.5, 0.6) is 46.0 Å². The van der Waals surface area contributed by atoms with E-state index in [-0.39, 0.29) is 116 Å². The lowest BCUT2D eigenvalue weighted by Crippen LogP contribution is -2.15. The molecule has 8 aromatic carbocycles. The van der Waals surface area contributed by atoms with E-state index in [1.54, 1.807) is 24.3 Å². The molecule has 1 aliphatic rings. The minimum atomic E-state index is -0.919. The molecular weight excluding hydrogens is 801 g/mol. The van der Waals surface area contributed by atoms with Gasteiger partial charge in [-0.25, -0.2) is 0 Å². The largest absolute Gasteiger partial charge is 0.508 e. The summed E-state index contributed by atoms with van der Waals surface area (Å²) in [7, 11) is 0. The Morgan fingerprint density at radius 1 is 0.234 bits per heavy atom. The average Bonchev–Trinajstić information content (AvgIpc) is 3.29. The Labute approximate surface area is 371 Å². The third-order valence-electron chi connectivity index (χ3n) is 12.9. The van der Waals surface area contributed by atoms with Crippen molar-refractivity contribution < 1.29 is 40.9 Å². The molecule has 320 valence electrons. The molecule has 0 aromatic heterocycles. The van der Waals surface area contributed by atoms with Gasteiger partial charge in [-0.15, -0.1) is 0 Å². The highest BCUT2D eigenvalue weighted by Gasteiger charge is 2.37. The molecular formula is C56H48O8. The molecule has 8 aromatic rings. The van der Waals surface area contributed by atoms with Gasteiger partial charge in [-0.3, -0.25) is 0 Å². The third-order valence-corrected chi connectivity index (χ3v) is 12.9. The van der Waals surface area contributed by atoms with E-state index in [1.165, 1.54) is 24.3 Å². The number of hydrogen-bond donors (Lipinski definition) is 8. The van der Waals surface area contributed by atoms with Gasteiger partial charge in [-0.1, -0.05) is 146 Å². The van der Waals surface area contributed by atoms with Gasteiger partial charge in [0.1, 0.15) is 46.0 Å². The van der Waals surface area contributed by atoms with Crippen molar-refractivity contribution in [1.29, 1.82) is 0 Å². The number of rotatable bonds is 8. The molecule has 64 heavy (non-hydrogen) atoms. The van der Waals surface area contributed by atoms with Crippen LogP contribution in [-0.4, -0.2) is 40.9 Å². The van der Waals surface area contributed by atoms with Gasteiger partial charge in [-0.2, -0.15) is 0 Å². The first-order chi connectivity index (χ1) is 31.1. The van der Waals surface area contributed by atoms with E-state index in [4.69, 9.17) is 0 Å². The molecule has 0 saturated heterocycles. The molecule has 9 rings (SSSR count). The minimum absolute atomic E-state index is 0.102. The van der Waals surface area contributed by atoms with Gasteiger partial charge in [0.25, 0.3) is 0 Å². The van der Waals surface area contributed by atoms with E-state index in [0.717, 1.165) is 22.3 Å². The number of benzene rings is 8. The smallest absolute Gasteiger partial charge is 0.126 e. The molecule has 0 amide bonds. The van der Waals surface area contributed by atoms with Crippen molar-refractivity contribution in [3.05, 3.63) is 237 Å². The van der Waals surface area contributed by atoms with Gasteiger partial charge in [0, 0.05) is 68.2 Å². The van der Waals surface area contributed by atoms with E-state index in [0.29, 0.717) is 0 Å². The standard InChI is InChI=1S/C56H48O8/c57-45-26-22-38-42(30-34-15-7-2-8-16-34)51-47(59)28-24-40(56(51)64)44(32-36-19-11-4-12-20-36)52-48(60)27-23-39(55(52)63)43(31-35-17-9-3-10-18-35)50-46(58)25-21-37(53(50)61)41(49(45)54(38)62)29-33-13-5-1-6-14-33/h1-28,41-44,57-64H,29-32H2/t41-,42-,43-,44+/m1/s1. The summed E-state index contributed by atoms with van der Waals surface area (Å²) in [6.45, 7) is 0. The molecule has 8 N–H and O–H groups in total. The number of hydrogen-bond acceptors (Lipinski definition) is 8. The van der Waals surface area contributed by atoms with E-state index < -0.39 is 23.7 Å². The zero-order valence-corrected chi connectivity index (χ0v) is 34.9. The van der Waals surface area contributed by atoms with Crippen molar-refractivity contribution >= 4 is 0 Å². The monoisotopic (exact) mass is 848 g/mol. The van der Waals surface area contributed by atoms with Gasteiger partial charge in [0.2, 0.25) is 0 Å². The van der Waals surface area contributed by atoms with Crippen molar-refractivity contribution in [2.24, 2.45) is 0 Å². The summed E-state index contributed by atoms with van der Waals surface area (Å²) in [6.07, 6.45) is 0.768. The lowest BCUT2D eigenvalue weighted by molar-refractivity contribution is 0.406. The second-order valence-electron chi connectivity index (χ2n) is 16.7. The zero-order chi connectivity index (χ0) is 44.5. The van der Waals surface area contributed by atoms with Crippen LogP contribution < -0.4 is 0 Å². The van der Waals surface area contributed by atoms with Gasteiger partial charge in [0.05, 0.1) is 0 Å². The van der Waals surface area contributed by atoms with Gasteiger partial charge in [0.15, 0.2) is 0 Å². The molecule has 1 aliphatic carbocycles. The molecule has 8 heteroatoms. The van der Waals surface area contributed by atoms with Crippen LogP contribution in [0.25, 0.3) is 0 Å². The van der Waals surface area contributed by atoms with Crippen molar-refractivity contribution in [2.45, 2.75) is 49.4 Å². The number of fused-ring (bicyclic) bond motifs is 8. The molecule has 0 spiro atoms. The fraction of sp³-hybridized carbons (Fsp3) is 0.143.